The first-order valence-electron chi connectivity index (χ1n) is 9.99. The van der Waals surface area contributed by atoms with Gasteiger partial charge in [0.15, 0.2) is 0 Å². The number of amides is 1. The molecule has 1 heterocycles. The van der Waals surface area contributed by atoms with Gasteiger partial charge in [0.25, 0.3) is 0 Å². The van der Waals surface area contributed by atoms with E-state index in [1.165, 1.54) is 22.8 Å². The Kier molecular flexibility index (Phi) is 6.05. The van der Waals surface area contributed by atoms with E-state index < -0.39 is 0 Å². The fourth-order valence-electron chi connectivity index (χ4n) is 4.18. The molecule has 3 atom stereocenters. The number of piperidine rings is 1. The topological polar surface area (TPSA) is 32.8 Å². The summed E-state index contributed by atoms with van der Waals surface area (Å²) in [6, 6.07) is 13.1. The van der Waals surface area contributed by atoms with Gasteiger partial charge in [-0.1, -0.05) is 18.2 Å². The molecular formula is C23H32N2O2. The number of carbonyl (C=O) groups is 1. The lowest BCUT2D eigenvalue weighted by Gasteiger charge is -2.41. The zero-order chi connectivity index (χ0) is 19.6. The van der Waals surface area contributed by atoms with E-state index in [2.05, 4.69) is 47.9 Å². The summed E-state index contributed by atoms with van der Waals surface area (Å²) in [5.74, 6) is 1.12. The number of likely N-dealkylation sites (tertiary alicyclic amines) is 1. The summed E-state index contributed by atoms with van der Waals surface area (Å²) in [5.41, 5.74) is 1.22. The first-order chi connectivity index (χ1) is 12.9. The first kappa shape index (κ1) is 19.7. The molecule has 4 nitrogen and oxygen atoms in total. The average molecular weight is 369 g/mol. The molecule has 0 radical (unpaired) electrons. The molecule has 146 valence electrons. The summed E-state index contributed by atoms with van der Waals surface area (Å²) in [6.07, 6.45) is 3.44. The van der Waals surface area contributed by atoms with Crippen LogP contribution in [0, 0.1) is 0 Å². The van der Waals surface area contributed by atoms with Crippen LogP contribution in [0.2, 0.25) is 0 Å². The monoisotopic (exact) mass is 368 g/mol. The molecule has 1 fully saturated rings. The van der Waals surface area contributed by atoms with Crippen LogP contribution >= 0.6 is 0 Å². The number of nitrogens with zero attached hydrogens (tertiary/aromatic N) is 2. The normalized spacial score (nSPS) is 21.5. The molecule has 0 spiro atoms. The molecule has 27 heavy (non-hydrogen) atoms. The van der Waals surface area contributed by atoms with Crippen molar-refractivity contribution in [1.82, 2.24) is 9.80 Å². The van der Waals surface area contributed by atoms with Gasteiger partial charge in [0.05, 0.1) is 13.2 Å². The SMILES string of the molecule is COc1ccc2cc(CN(C)C(C)C(=O)N3C(C)CCCC3C)ccc2c1. The van der Waals surface area contributed by atoms with Crippen molar-refractivity contribution in [3.8, 4) is 5.75 Å². The van der Waals surface area contributed by atoms with Crippen LogP contribution in [0.3, 0.4) is 0 Å². The standard InChI is InChI=1S/C23H32N2O2/c1-16-7-6-8-17(2)25(16)23(26)18(3)24(4)15-19-9-10-21-14-22(27-5)12-11-20(21)13-19/h9-14,16-18H,6-8,15H2,1-5H3. The van der Waals surface area contributed by atoms with Gasteiger partial charge in [0.1, 0.15) is 5.75 Å². The molecule has 3 rings (SSSR count). The van der Waals surface area contributed by atoms with Gasteiger partial charge >= 0.3 is 0 Å². The van der Waals surface area contributed by atoms with Crippen molar-refractivity contribution in [3.63, 3.8) is 0 Å². The second-order valence-corrected chi connectivity index (χ2v) is 8.01. The summed E-state index contributed by atoms with van der Waals surface area (Å²) < 4.78 is 5.30. The van der Waals surface area contributed by atoms with Crippen molar-refractivity contribution in [3.05, 3.63) is 42.0 Å². The Morgan fingerprint density at radius 3 is 2.44 bits per heavy atom. The number of benzene rings is 2. The molecule has 0 saturated carbocycles. The number of methoxy groups -OCH3 is 1. The molecule has 1 amide bonds. The van der Waals surface area contributed by atoms with Gasteiger partial charge in [-0.25, -0.2) is 0 Å². The van der Waals surface area contributed by atoms with Gasteiger partial charge < -0.3 is 9.64 Å². The van der Waals surface area contributed by atoms with Crippen LogP contribution in [0.5, 0.6) is 5.75 Å². The third kappa shape index (κ3) is 4.27. The van der Waals surface area contributed by atoms with Crippen molar-refractivity contribution in [1.29, 1.82) is 0 Å². The van der Waals surface area contributed by atoms with Crippen LogP contribution in [-0.2, 0) is 11.3 Å². The number of fused-ring (bicyclic) bond motifs is 1. The minimum Gasteiger partial charge on any atom is -0.497 e. The highest BCUT2D eigenvalue weighted by Gasteiger charge is 2.32. The highest BCUT2D eigenvalue weighted by Crippen LogP contribution is 2.25. The van der Waals surface area contributed by atoms with Crippen molar-refractivity contribution in [2.45, 2.75) is 64.7 Å². The van der Waals surface area contributed by atoms with Gasteiger partial charge in [0.2, 0.25) is 5.91 Å². The van der Waals surface area contributed by atoms with Crippen LogP contribution in [0.25, 0.3) is 10.8 Å². The van der Waals surface area contributed by atoms with Gasteiger partial charge in [0, 0.05) is 18.6 Å². The molecule has 0 bridgehead atoms. The lowest BCUT2D eigenvalue weighted by molar-refractivity contribution is -0.142. The molecular weight excluding hydrogens is 336 g/mol. The number of hydrogen-bond acceptors (Lipinski definition) is 3. The summed E-state index contributed by atoms with van der Waals surface area (Å²) in [6.45, 7) is 7.14. The smallest absolute Gasteiger partial charge is 0.240 e. The first-order valence-corrected chi connectivity index (χ1v) is 9.99. The molecule has 2 aromatic rings. The largest absolute Gasteiger partial charge is 0.497 e. The Balaban J connectivity index is 1.71. The highest BCUT2D eigenvalue weighted by atomic mass is 16.5. The maximum Gasteiger partial charge on any atom is 0.240 e. The fourth-order valence-corrected chi connectivity index (χ4v) is 4.18. The zero-order valence-electron chi connectivity index (χ0n) is 17.2. The Morgan fingerprint density at radius 1 is 1.15 bits per heavy atom. The minimum absolute atomic E-state index is 0.125. The second kappa shape index (κ2) is 8.30. The van der Waals surface area contributed by atoms with E-state index in [1.807, 2.05) is 26.1 Å². The highest BCUT2D eigenvalue weighted by molar-refractivity contribution is 5.84. The average Bonchev–Trinajstić information content (AvgIpc) is 2.66. The van der Waals surface area contributed by atoms with Crippen molar-refractivity contribution < 1.29 is 9.53 Å². The second-order valence-electron chi connectivity index (χ2n) is 8.01. The number of likely N-dealkylation sites (N-methyl/N-ethyl adjacent to an activating group) is 1. The van der Waals surface area contributed by atoms with Crippen molar-refractivity contribution in [2.24, 2.45) is 0 Å². The molecule has 0 aromatic heterocycles. The summed E-state index contributed by atoms with van der Waals surface area (Å²) in [7, 11) is 3.73. The van der Waals surface area contributed by atoms with Gasteiger partial charge in [-0.15, -0.1) is 0 Å². The van der Waals surface area contributed by atoms with Gasteiger partial charge in [-0.2, -0.15) is 0 Å². The van der Waals surface area contributed by atoms with E-state index in [4.69, 9.17) is 4.74 Å². The van der Waals surface area contributed by atoms with E-state index in [9.17, 15) is 4.79 Å². The van der Waals surface area contributed by atoms with Gasteiger partial charge in [-0.05, 0) is 81.6 Å². The summed E-state index contributed by atoms with van der Waals surface area (Å²) in [5, 5.41) is 2.36. The van der Waals surface area contributed by atoms with Crippen LogP contribution in [0.1, 0.15) is 45.6 Å². The maximum atomic E-state index is 13.1. The van der Waals surface area contributed by atoms with Crippen LogP contribution in [0.15, 0.2) is 36.4 Å². The number of ether oxygens (including phenoxy) is 1. The molecule has 0 aliphatic carbocycles. The molecule has 2 aromatic carbocycles. The Hall–Kier alpha value is -2.07. The molecule has 4 heteroatoms. The van der Waals surface area contributed by atoms with Crippen LogP contribution < -0.4 is 4.74 Å². The summed E-state index contributed by atoms with van der Waals surface area (Å²) >= 11 is 0. The minimum atomic E-state index is -0.125. The number of hydrogen-bond donors (Lipinski definition) is 0. The van der Waals surface area contributed by atoms with E-state index in [0.29, 0.717) is 12.1 Å². The lowest BCUT2D eigenvalue weighted by Crippen LogP contribution is -2.54. The Morgan fingerprint density at radius 2 is 1.78 bits per heavy atom. The lowest BCUT2D eigenvalue weighted by atomic mass is 9.96. The molecule has 3 unspecified atom stereocenters. The number of carbonyl (C=O) groups excluding carboxylic acids is 1. The molecule has 1 saturated heterocycles. The predicted molar refractivity (Wildman–Crippen MR) is 111 cm³/mol. The van der Waals surface area contributed by atoms with Crippen LogP contribution in [-0.4, -0.2) is 48.0 Å². The van der Waals surface area contributed by atoms with E-state index in [1.54, 1.807) is 7.11 Å². The Bertz CT molecular complexity index is 794. The van der Waals surface area contributed by atoms with E-state index in [-0.39, 0.29) is 11.9 Å². The summed E-state index contributed by atoms with van der Waals surface area (Å²) in [4.78, 5) is 17.4. The Labute approximate surface area is 163 Å². The van der Waals surface area contributed by atoms with Gasteiger partial charge in [-0.3, -0.25) is 9.69 Å². The number of rotatable bonds is 5. The quantitative estimate of drug-likeness (QED) is 0.781. The maximum absolute atomic E-state index is 13.1. The van der Waals surface area contributed by atoms with E-state index in [0.717, 1.165) is 25.1 Å². The predicted octanol–water partition coefficient (Wildman–Crippen LogP) is 4.46. The zero-order valence-corrected chi connectivity index (χ0v) is 17.2. The van der Waals surface area contributed by atoms with Crippen LogP contribution in [0.4, 0.5) is 0 Å². The van der Waals surface area contributed by atoms with E-state index >= 15 is 0 Å². The third-order valence-corrected chi connectivity index (χ3v) is 6.01. The fraction of sp³-hybridized carbons (Fsp3) is 0.522. The van der Waals surface area contributed by atoms with Crippen molar-refractivity contribution >= 4 is 16.7 Å². The third-order valence-electron chi connectivity index (χ3n) is 6.01. The van der Waals surface area contributed by atoms with Crippen molar-refractivity contribution in [2.75, 3.05) is 14.2 Å². The molecule has 1 aliphatic heterocycles. The molecule has 1 aliphatic rings. The molecule has 0 N–H and O–H groups in total.